The summed E-state index contributed by atoms with van der Waals surface area (Å²) in [6, 6.07) is 10.8. The van der Waals surface area contributed by atoms with Gasteiger partial charge in [-0.05, 0) is 55.2 Å². The average Bonchev–Trinajstić information content (AvgIpc) is 2.80. The van der Waals surface area contributed by atoms with E-state index >= 15 is 0 Å². The van der Waals surface area contributed by atoms with Crippen LogP contribution in [-0.4, -0.2) is 34.6 Å². The number of hydrogen-bond acceptors (Lipinski definition) is 3. The van der Waals surface area contributed by atoms with Crippen LogP contribution in [0.5, 0.6) is 0 Å². The van der Waals surface area contributed by atoms with Gasteiger partial charge in [0.25, 0.3) is 0 Å². The van der Waals surface area contributed by atoms with Gasteiger partial charge in [0.05, 0.1) is 5.75 Å². The van der Waals surface area contributed by atoms with Crippen molar-refractivity contribution in [3.8, 4) is 0 Å². The highest BCUT2D eigenvalue weighted by Gasteiger charge is 2.28. The molecular weight excluding hydrogens is 482 g/mol. The Morgan fingerprint density at radius 1 is 1.09 bits per heavy atom. The molecule has 0 heterocycles. The molecule has 2 aromatic carbocycles. The third-order valence-corrected chi connectivity index (χ3v) is 7.57. The fourth-order valence-electron chi connectivity index (χ4n) is 3.93. The Balaban J connectivity index is 1.67. The number of rotatable bonds is 9. The second-order valence-corrected chi connectivity index (χ2v) is 10.2. The molecule has 1 aliphatic rings. The van der Waals surface area contributed by atoms with E-state index in [4.69, 9.17) is 23.2 Å². The van der Waals surface area contributed by atoms with E-state index in [1.54, 1.807) is 42.2 Å². The van der Waals surface area contributed by atoms with Crippen molar-refractivity contribution < 1.29 is 14.0 Å². The molecule has 0 bridgehead atoms. The zero-order valence-corrected chi connectivity index (χ0v) is 21.0. The van der Waals surface area contributed by atoms with Crippen molar-refractivity contribution in [2.45, 2.75) is 63.4 Å². The Labute approximate surface area is 209 Å². The topological polar surface area (TPSA) is 49.4 Å². The third-order valence-electron chi connectivity index (χ3n) is 5.92. The quantitative estimate of drug-likeness (QED) is 0.434. The summed E-state index contributed by atoms with van der Waals surface area (Å²) in [6.45, 7) is 1.97. The van der Waals surface area contributed by atoms with Crippen LogP contribution in [0.25, 0.3) is 0 Å². The number of halogens is 3. The molecule has 3 rings (SSSR count). The number of thioether (sulfide) groups is 1. The van der Waals surface area contributed by atoms with Gasteiger partial charge >= 0.3 is 0 Å². The molecule has 0 aliphatic heterocycles. The van der Waals surface area contributed by atoms with Crippen LogP contribution in [0.4, 0.5) is 4.39 Å². The first kappa shape index (κ1) is 25.9. The molecule has 178 valence electrons. The van der Waals surface area contributed by atoms with Crippen molar-refractivity contribution in [1.29, 1.82) is 0 Å². The summed E-state index contributed by atoms with van der Waals surface area (Å²) in [7, 11) is 0. The molecule has 4 nitrogen and oxygen atoms in total. The van der Waals surface area contributed by atoms with Gasteiger partial charge in [-0.3, -0.25) is 9.59 Å². The molecule has 2 aromatic rings. The molecular formula is C25H29Cl2FN2O2S. The molecule has 33 heavy (non-hydrogen) atoms. The lowest BCUT2D eigenvalue weighted by atomic mass is 9.95. The van der Waals surface area contributed by atoms with Crippen molar-refractivity contribution in [3.63, 3.8) is 0 Å². The molecule has 0 spiro atoms. The molecule has 1 saturated carbocycles. The molecule has 8 heteroatoms. The van der Waals surface area contributed by atoms with Crippen LogP contribution in [0, 0.1) is 5.82 Å². The lowest BCUT2D eigenvalue weighted by Gasteiger charge is -2.31. The number of nitrogens with zero attached hydrogens (tertiary/aromatic N) is 1. The zero-order valence-electron chi connectivity index (χ0n) is 18.7. The molecule has 0 aromatic heterocycles. The largest absolute Gasteiger partial charge is 0.352 e. The minimum absolute atomic E-state index is 0.156. The van der Waals surface area contributed by atoms with E-state index < -0.39 is 6.04 Å². The molecule has 1 N–H and O–H groups in total. The van der Waals surface area contributed by atoms with Gasteiger partial charge in [-0.1, -0.05) is 60.7 Å². The van der Waals surface area contributed by atoms with Crippen LogP contribution >= 0.6 is 35.0 Å². The van der Waals surface area contributed by atoms with E-state index in [0.717, 1.165) is 36.8 Å². The minimum atomic E-state index is -0.644. The van der Waals surface area contributed by atoms with Gasteiger partial charge in [-0.25, -0.2) is 4.39 Å². The Morgan fingerprint density at radius 3 is 2.36 bits per heavy atom. The lowest BCUT2D eigenvalue weighted by Crippen LogP contribution is -2.50. The first-order chi connectivity index (χ1) is 15.8. The van der Waals surface area contributed by atoms with E-state index in [1.807, 2.05) is 0 Å². The number of carbonyl (C=O) groups excluding carboxylic acids is 2. The SMILES string of the molecule is C[C@@H](C(=O)NC1CCCCC1)N(Cc1ccc(F)cc1)C(=O)CSCc1c(Cl)cccc1Cl. The Morgan fingerprint density at radius 2 is 1.73 bits per heavy atom. The number of amides is 2. The Kier molecular flexibility index (Phi) is 9.90. The molecule has 0 saturated heterocycles. The van der Waals surface area contributed by atoms with E-state index in [1.165, 1.54) is 30.3 Å². The second-order valence-electron chi connectivity index (χ2n) is 8.36. The zero-order chi connectivity index (χ0) is 23.8. The van der Waals surface area contributed by atoms with Crippen molar-refractivity contribution >= 4 is 46.8 Å². The van der Waals surface area contributed by atoms with Crippen molar-refractivity contribution in [3.05, 3.63) is 69.5 Å². The van der Waals surface area contributed by atoms with Crippen LogP contribution in [0.15, 0.2) is 42.5 Å². The molecule has 1 atom stereocenters. The molecule has 0 radical (unpaired) electrons. The third kappa shape index (κ3) is 7.62. The monoisotopic (exact) mass is 510 g/mol. The van der Waals surface area contributed by atoms with Crippen molar-refractivity contribution in [2.75, 3.05) is 5.75 Å². The van der Waals surface area contributed by atoms with E-state index in [2.05, 4.69) is 5.32 Å². The number of nitrogens with one attached hydrogen (secondary N) is 1. The highest BCUT2D eigenvalue weighted by atomic mass is 35.5. The van der Waals surface area contributed by atoms with Gasteiger partial charge in [-0.15, -0.1) is 11.8 Å². The van der Waals surface area contributed by atoms with Crippen LogP contribution in [-0.2, 0) is 21.9 Å². The number of carbonyl (C=O) groups is 2. The van der Waals surface area contributed by atoms with Gasteiger partial charge < -0.3 is 10.2 Å². The summed E-state index contributed by atoms with van der Waals surface area (Å²) in [6.07, 6.45) is 5.36. The van der Waals surface area contributed by atoms with Crippen LogP contribution in [0.2, 0.25) is 10.0 Å². The number of benzene rings is 2. The minimum Gasteiger partial charge on any atom is -0.352 e. The maximum Gasteiger partial charge on any atom is 0.242 e. The highest BCUT2D eigenvalue weighted by Crippen LogP contribution is 2.28. The first-order valence-electron chi connectivity index (χ1n) is 11.2. The van der Waals surface area contributed by atoms with Gasteiger partial charge in [-0.2, -0.15) is 0 Å². The fraction of sp³-hybridized carbons (Fsp3) is 0.440. The van der Waals surface area contributed by atoms with Crippen molar-refractivity contribution in [2.24, 2.45) is 0 Å². The van der Waals surface area contributed by atoms with Crippen molar-refractivity contribution in [1.82, 2.24) is 10.2 Å². The normalized spacial score (nSPS) is 15.2. The summed E-state index contributed by atoms with van der Waals surface area (Å²) in [5.41, 5.74) is 1.55. The maximum atomic E-state index is 13.4. The summed E-state index contributed by atoms with van der Waals surface area (Å²) < 4.78 is 13.4. The summed E-state index contributed by atoms with van der Waals surface area (Å²) >= 11 is 13.9. The van der Waals surface area contributed by atoms with Crippen LogP contribution < -0.4 is 5.32 Å². The van der Waals surface area contributed by atoms with E-state index in [-0.39, 0.29) is 36.0 Å². The van der Waals surface area contributed by atoms with Gasteiger partial charge in [0.2, 0.25) is 11.8 Å². The molecule has 2 amide bonds. The van der Waals surface area contributed by atoms with Crippen LogP contribution in [0.1, 0.15) is 50.2 Å². The second kappa shape index (κ2) is 12.6. The number of hydrogen-bond donors (Lipinski definition) is 1. The molecule has 0 unspecified atom stereocenters. The summed E-state index contributed by atoms with van der Waals surface area (Å²) in [5, 5.41) is 4.23. The molecule has 1 fully saturated rings. The van der Waals surface area contributed by atoms with Gasteiger partial charge in [0, 0.05) is 28.4 Å². The van der Waals surface area contributed by atoms with E-state index in [9.17, 15) is 14.0 Å². The standard InChI is InChI=1S/C25H29Cl2FN2O2S/c1-17(25(32)29-20-6-3-2-4-7-20)30(14-18-10-12-19(28)13-11-18)24(31)16-33-15-21-22(26)8-5-9-23(21)27/h5,8-13,17,20H,2-4,6-7,14-16H2,1H3,(H,29,32)/t17-/m0/s1. The lowest BCUT2D eigenvalue weighted by molar-refractivity contribution is -0.139. The fourth-order valence-corrected chi connectivity index (χ4v) is 5.58. The average molecular weight is 511 g/mol. The predicted octanol–water partition coefficient (Wildman–Crippen LogP) is 6.23. The summed E-state index contributed by atoms with van der Waals surface area (Å²) in [4.78, 5) is 27.7. The smallest absolute Gasteiger partial charge is 0.242 e. The Hall–Kier alpha value is -1.76. The highest BCUT2D eigenvalue weighted by molar-refractivity contribution is 7.99. The van der Waals surface area contributed by atoms with Crippen LogP contribution in [0.3, 0.4) is 0 Å². The predicted molar refractivity (Wildman–Crippen MR) is 134 cm³/mol. The maximum absolute atomic E-state index is 13.4. The first-order valence-corrected chi connectivity index (χ1v) is 13.1. The molecule has 1 aliphatic carbocycles. The van der Waals surface area contributed by atoms with E-state index in [0.29, 0.717) is 15.8 Å². The Bertz CT molecular complexity index is 932. The summed E-state index contributed by atoms with van der Waals surface area (Å²) in [5.74, 6) is -0.0108. The van der Waals surface area contributed by atoms with Gasteiger partial charge in [0.15, 0.2) is 0 Å². The van der Waals surface area contributed by atoms with Gasteiger partial charge in [0.1, 0.15) is 11.9 Å².